The first-order chi connectivity index (χ1) is 8.68. The van der Waals surface area contributed by atoms with Gasteiger partial charge in [0.2, 0.25) is 0 Å². The lowest BCUT2D eigenvalue weighted by Gasteiger charge is -2.14. The minimum atomic E-state index is -0.412. The molecule has 0 saturated carbocycles. The van der Waals surface area contributed by atoms with E-state index in [1.54, 1.807) is 0 Å². The molecule has 0 amide bonds. The fourth-order valence-corrected chi connectivity index (χ4v) is 2.07. The fraction of sp³-hybridized carbons (Fsp3) is 1.00. The second-order valence-electron chi connectivity index (χ2n) is 5.57. The molecule has 4 nitrogen and oxygen atoms in total. The van der Waals surface area contributed by atoms with Crippen LogP contribution in [0.1, 0.15) is 39.5 Å². The zero-order valence-corrected chi connectivity index (χ0v) is 11.9. The van der Waals surface area contributed by atoms with E-state index in [2.05, 4.69) is 19.2 Å². The summed E-state index contributed by atoms with van der Waals surface area (Å²) < 4.78 is 10.9. The van der Waals surface area contributed by atoms with Crippen molar-refractivity contribution in [1.29, 1.82) is 0 Å². The van der Waals surface area contributed by atoms with E-state index in [0.717, 1.165) is 31.9 Å². The number of nitrogens with one attached hydrogen (secondary N) is 1. The maximum Gasteiger partial charge on any atom is 0.0897 e. The molecular weight excluding hydrogens is 230 g/mol. The Bertz CT molecular complexity index is 193. The highest BCUT2D eigenvalue weighted by Crippen LogP contribution is 2.11. The summed E-state index contributed by atoms with van der Waals surface area (Å²) in [7, 11) is 0. The molecule has 1 saturated heterocycles. The van der Waals surface area contributed by atoms with E-state index >= 15 is 0 Å². The summed E-state index contributed by atoms with van der Waals surface area (Å²) in [5, 5.41) is 13.0. The Morgan fingerprint density at radius 1 is 1.44 bits per heavy atom. The van der Waals surface area contributed by atoms with Gasteiger partial charge in [-0.15, -0.1) is 0 Å². The van der Waals surface area contributed by atoms with Crippen LogP contribution in [-0.4, -0.2) is 50.2 Å². The highest BCUT2D eigenvalue weighted by molar-refractivity contribution is 4.65. The van der Waals surface area contributed by atoms with Gasteiger partial charge in [-0.3, -0.25) is 0 Å². The summed E-state index contributed by atoms with van der Waals surface area (Å²) in [5.41, 5.74) is 0. The second kappa shape index (κ2) is 9.73. The number of hydrogen-bond acceptors (Lipinski definition) is 4. The van der Waals surface area contributed by atoms with Gasteiger partial charge in [0.15, 0.2) is 0 Å². The molecule has 0 aromatic carbocycles. The molecule has 0 aliphatic carbocycles. The maximum atomic E-state index is 9.70. The standard InChI is InChI=1S/C14H29NO3/c1-12(2)5-3-7-15-9-13(16)10-17-11-14-6-4-8-18-14/h12-16H,3-11H2,1-2H3. The van der Waals surface area contributed by atoms with Crippen molar-refractivity contribution < 1.29 is 14.6 Å². The van der Waals surface area contributed by atoms with Crippen LogP contribution >= 0.6 is 0 Å². The largest absolute Gasteiger partial charge is 0.389 e. The molecule has 4 heteroatoms. The van der Waals surface area contributed by atoms with Crippen LogP contribution in [0.2, 0.25) is 0 Å². The van der Waals surface area contributed by atoms with Crippen molar-refractivity contribution in [1.82, 2.24) is 5.32 Å². The quantitative estimate of drug-likeness (QED) is 0.585. The monoisotopic (exact) mass is 259 g/mol. The Balaban J connectivity index is 1.85. The lowest BCUT2D eigenvalue weighted by molar-refractivity contribution is -0.0163. The average molecular weight is 259 g/mol. The smallest absolute Gasteiger partial charge is 0.0897 e. The first kappa shape index (κ1) is 15.9. The Morgan fingerprint density at radius 3 is 2.94 bits per heavy atom. The zero-order valence-electron chi connectivity index (χ0n) is 11.9. The van der Waals surface area contributed by atoms with Crippen molar-refractivity contribution in [2.75, 3.05) is 32.9 Å². The highest BCUT2D eigenvalue weighted by atomic mass is 16.5. The van der Waals surface area contributed by atoms with Gasteiger partial charge in [0.05, 0.1) is 25.4 Å². The Morgan fingerprint density at radius 2 is 2.28 bits per heavy atom. The van der Waals surface area contributed by atoms with E-state index in [0.29, 0.717) is 19.8 Å². The predicted octanol–water partition coefficient (Wildman–Crippen LogP) is 1.57. The third-order valence-electron chi connectivity index (χ3n) is 3.15. The minimum absolute atomic E-state index is 0.246. The third kappa shape index (κ3) is 8.03. The van der Waals surface area contributed by atoms with Crippen LogP contribution in [0.3, 0.4) is 0 Å². The Labute approximate surface area is 111 Å². The van der Waals surface area contributed by atoms with Gasteiger partial charge in [-0.25, -0.2) is 0 Å². The summed E-state index contributed by atoms with van der Waals surface area (Å²) in [4.78, 5) is 0. The van der Waals surface area contributed by atoms with Gasteiger partial charge < -0.3 is 19.9 Å². The summed E-state index contributed by atoms with van der Waals surface area (Å²) in [6.07, 6.45) is 4.46. The van der Waals surface area contributed by atoms with E-state index in [1.165, 1.54) is 12.8 Å². The van der Waals surface area contributed by atoms with Gasteiger partial charge in [-0.2, -0.15) is 0 Å². The zero-order chi connectivity index (χ0) is 13.2. The van der Waals surface area contributed by atoms with Crippen LogP contribution < -0.4 is 5.32 Å². The van der Waals surface area contributed by atoms with Gasteiger partial charge in [0, 0.05) is 13.2 Å². The summed E-state index contributed by atoms with van der Waals surface area (Å²) in [5.74, 6) is 0.756. The van der Waals surface area contributed by atoms with Gasteiger partial charge >= 0.3 is 0 Å². The van der Waals surface area contributed by atoms with E-state index < -0.39 is 6.10 Å². The molecular formula is C14H29NO3. The highest BCUT2D eigenvalue weighted by Gasteiger charge is 2.15. The van der Waals surface area contributed by atoms with E-state index in [-0.39, 0.29) is 6.10 Å². The molecule has 0 aromatic heterocycles. The third-order valence-corrected chi connectivity index (χ3v) is 3.15. The van der Waals surface area contributed by atoms with Crippen molar-refractivity contribution in [2.24, 2.45) is 5.92 Å². The Kier molecular flexibility index (Phi) is 8.59. The molecule has 1 aliphatic rings. The molecule has 18 heavy (non-hydrogen) atoms. The van der Waals surface area contributed by atoms with E-state index in [4.69, 9.17) is 9.47 Å². The lowest BCUT2D eigenvalue weighted by atomic mass is 10.1. The number of rotatable bonds is 10. The molecule has 0 spiro atoms. The SMILES string of the molecule is CC(C)CCCNCC(O)COCC1CCCO1. The molecule has 0 radical (unpaired) electrons. The number of aliphatic hydroxyl groups is 1. The topological polar surface area (TPSA) is 50.7 Å². The molecule has 2 unspecified atom stereocenters. The minimum Gasteiger partial charge on any atom is -0.389 e. The second-order valence-corrected chi connectivity index (χ2v) is 5.57. The molecule has 2 N–H and O–H groups in total. The molecule has 108 valence electrons. The predicted molar refractivity (Wildman–Crippen MR) is 72.7 cm³/mol. The molecule has 1 fully saturated rings. The van der Waals surface area contributed by atoms with Gasteiger partial charge in [0.25, 0.3) is 0 Å². The molecule has 1 aliphatic heterocycles. The van der Waals surface area contributed by atoms with Gasteiger partial charge in [-0.1, -0.05) is 13.8 Å². The lowest BCUT2D eigenvalue weighted by Crippen LogP contribution is -2.32. The van der Waals surface area contributed by atoms with Crippen LogP contribution in [0.4, 0.5) is 0 Å². The van der Waals surface area contributed by atoms with Crippen LogP contribution in [0.5, 0.6) is 0 Å². The van der Waals surface area contributed by atoms with Crippen molar-refractivity contribution in [3.8, 4) is 0 Å². The first-order valence-electron chi connectivity index (χ1n) is 7.26. The molecule has 1 rings (SSSR count). The average Bonchev–Trinajstić information content (AvgIpc) is 2.81. The number of aliphatic hydroxyl groups excluding tert-OH is 1. The molecule has 2 atom stereocenters. The van der Waals surface area contributed by atoms with Crippen LogP contribution in [0, 0.1) is 5.92 Å². The summed E-state index contributed by atoms with van der Waals surface area (Å²) in [6.45, 7) is 7.92. The number of hydrogen-bond donors (Lipinski definition) is 2. The van der Waals surface area contributed by atoms with Crippen LogP contribution in [0.25, 0.3) is 0 Å². The van der Waals surface area contributed by atoms with Crippen molar-refractivity contribution in [3.63, 3.8) is 0 Å². The van der Waals surface area contributed by atoms with Crippen molar-refractivity contribution in [2.45, 2.75) is 51.7 Å². The molecule has 0 aromatic rings. The fourth-order valence-electron chi connectivity index (χ4n) is 2.07. The molecule has 0 bridgehead atoms. The summed E-state index contributed by atoms with van der Waals surface area (Å²) in [6, 6.07) is 0. The number of ether oxygens (including phenoxy) is 2. The Hall–Kier alpha value is -0.160. The van der Waals surface area contributed by atoms with Crippen LogP contribution in [0.15, 0.2) is 0 Å². The maximum absolute atomic E-state index is 9.70. The van der Waals surface area contributed by atoms with Crippen LogP contribution in [-0.2, 0) is 9.47 Å². The van der Waals surface area contributed by atoms with Gasteiger partial charge in [0.1, 0.15) is 0 Å². The normalized spacial score (nSPS) is 21.7. The van der Waals surface area contributed by atoms with Crippen molar-refractivity contribution >= 4 is 0 Å². The first-order valence-corrected chi connectivity index (χ1v) is 7.26. The van der Waals surface area contributed by atoms with Crippen molar-refractivity contribution in [3.05, 3.63) is 0 Å². The summed E-state index contributed by atoms with van der Waals surface area (Å²) >= 11 is 0. The van der Waals surface area contributed by atoms with E-state index in [1.807, 2.05) is 0 Å². The van der Waals surface area contributed by atoms with E-state index in [9.17, 15) is 5.11 Å². The molecule has 1 heterocycles. The van der Waals surface area contributed by atoms with Gasteiger partial charge in [-0.05, 0) is 38.1 Å².